The van der Waals surface area contributed by atoms with Gasteiger partial charge in [0.05, 0.1) is 0 Å². The van der Waals surface area contributed by atoms with Crippen molar-refractivity contribution in [1.82, 2.24) is 14.8 Å². The van der Waals surface area contributed by atoms with Crippen LogP contribution < -0.4 is 5.32 Å². The number of hydrogen-bond donors (Lipinski definition) is 1. The Bertz CT molecular complexity index is 784. The van der Waals surface area contributed by atoms with E-state index in [1.165, 1.54) is 19.3 Å². The van der Waals surface area contributed by atoms with Crippen molar-refractivity contribution in [3.8, 4) is 5.69 Å². The minimum atomic E-state index is 0.0797. The van der Waals surface area contributed by atoms with E-state index in [0.717, 1.165) is 36.9 Å². The normalized spacial score (nSPS) is 18.8. The molecule has 0 radical (unpaired) electrons. The first-order valence-corrected chi connectivity index (χ1v) is 10.5. The van der Waals surface area contributed by atoms with Crippen LogP contribution in [0.4, 0.5) is 0 Å². The Morgan fingerprint density at radius 1 is 0.857 bits per heavy atom. The summed E-state index contributed by atoms with van der Waals surface area (Å²) in [6, 6.07) is 11.9. The first-order valence-electron chi connectivity index (χ1n) is 10.5. The summed E-state index contributed by atoms with van der Waals surface area (Å²) in [6.45, 7) is 1.40. The Labute approximate surface area is 166 Å². The molecule has 0 atom stereocenters. The number of rotatable bonds is 4. The minimum absolute atomic E-state index is 0.0797. The fraction of sp³-hybridized carbons (Fsp3) is 0.478. The van der Waals surface area contributed by atoms with Gasteiger partial charge in [0.2, 0.25) is 5.91 Å². The fourth-order valence-corrected chi connectivity index (χ4v) is 4.38. The molecule has 1 aromatic carbocycles. The molecule has 0 unspecified atom stereocenters. The van der Waals surface area contributed by atoms with Crippen LogP contribution in [0, 0.1) is 5.92 Å². The Kier molecular flexibility index (Phi) is 5.79. The van der Waals surface area contributed by atoms with Crippen molar-refractivity contribution >= 4 is 11.8 Å². The molecule has 1 saturated heterocycles. The van der Waals surface area contributed by atoms with Gasteiger partial charge in [0.1, 0.15) is 0 Å². The molecule has 28 heavy (non-hydrogen) atoms. The number of benzene rings is 1. The molecule has 0 bridgehead atoms. The molecule has 148 valence electrons. The van der Waals surface area contributed by atoms with Gasteiger partial charge in [-0.1, -0.05) is 19.3 Å². The van der Waals surface area contributed by atoms with Gasteiger partial charge in [-0.05, 0) is 62.1 Å². The van der Waals surface area contributed by atoms with E-state index in [9.17, 15) is 9.59 Å². The number of hydrogen-bond acceptors (Lipinski definition) is 2. The molecule has 4 rings (SSSR count). The number of piperidine rings is 1. The third-order valence-corrected chi connectivity index (χ3v) is 6.12. The lowest BCUT2D eigenvalue weighted by atomic mass is 9.88. The van der Waals surface area contributed by atoms with Crippen molar-refractivity contribution in [3.63, 3.8) is 0 Å². The van der Waals surface area contributed by atoms with Crippen molar-refractivity contribution in [1.29, 1.82) is 0 Å². The van der Waals surface area contributed by atoms with E-state index in [4.69, 9.17) is 0 Å². The maximum atomic E-state index is 12.8. The van der Waals surface area contributed by atoms with Gasteiger partial charge in [0, 0.05) is 48.7 Å². The zero-order valence-electron chi connectivity index (χ0n) is 16.3. The molecule has 2 fully saturated rings. The van der Waals surface area contributed by atoms with Crippen molar-refractivity contribution in [3.05, 3.63) is 54.4 Å². The maximum absolute atomic E-state index is 12.8. The number of amides is 2. The Morgan fingerprint density at radius 2 is 1.50 bits per heavy atom. The number of carbonyl (C=O) groups excluding carboxylic acids is 2. The average Bonchev–Trinajstić information content (AvgIpc) is 3.29. The highest BCUT2D eigenvalue weighted by Crippen LogP contribution is 2.24. The second-order valence-corrected chi connectivity index (χ2v) is 8.05. The first-order chi connectivity index (χ1) is 13.7. The monoisotopic (exact) mass is 379 g/mol. The Balaban J connectivity index is 1.28. The molecule has 0 spiro atoms. The summed E-state index contributed by atoms with van der Waals surface area (Å²) in [5.41, 5.74) is 1.77. The summed E-state index contributed by atoms with van der Waals surface area (Å²) in [7, 11) is 0. The average molecular weight is 380 g/mol. The first kappa shape index (κ1) is 18.8. The van der Waals surface area contributed by atoms with Crippen LogP contribution in [0.5, 0.6) is 0 Å². The lowest BCUT2D eigenvalue weighted by molar-refractivity contribution is -0.126. The van der Waals surface area contributed by atoms with Crippen LogP contribution in [-0.2, 0) is 4.79 Å². The van der Waals surface area contributed by atoms with Gasteiger partial charge < -0.3 is 14.8 Å². The topological polar surface area (TPSA) is 54.3 Å². The van der Waals surface area contributed by atoms with Crippen LogP contribution in [0.15, 0.2) is 48.8 Å². The van der Waals surface area contributed by atoms with E-state index in [-0.39, 0.29) is 23.8 Å². The van der Waals surface area contributed by atoms with Crippen molar-refractivity contribution in [2.24, 2.45) is 5.92 Å². The SMILES string of the molecule is O=C(NC1CCN(C(=O)c2ccc(-n3cccc3)cc2)CC1)C1CCCCC1. The predicted octanol–water partition coefficient (Wildman–Crippen LogP) is 3.78. The molecule has 1 N–H and O–H groups in total. The van der Waals surface area contributed by atoms with Crippen LogP contribution in [0.3, 0.4) is 0 Å². The van der Waals surface area contributed by atoms with Crippen molar-refractivity contribution in [2.75, 3.05) is 13.1 Å². The number of nitrogens with one attached hydrogen (secondary N) is 1. The van der Waals surface area contributed by atoms with Gasteiger partial charge in [0.25, 0.3) is 5.91 Å². The van der Waals surface area contributed by atoms with Gasteiger partial charge >= 0.3 is 0 Å². The molecule has 5 heteroatoms. The lowest BCUT2D eigenvalue weighted by Crippen LogP contribution is -2.48. The smallest absolute Gasteiger partial charge is 0.253 e. The maximum Gasteiger partial charge on any atom is 0.253 e. The molecule has 2 amide bonds. The summed E-state index contributed by atoms with van der Waals surface area (Å²) in [6.07, 6.45) is 11.3. The summed E-state index contributed by atoms with van der Waals surface area (Å²) in [5.74, 6) is 0.508. The largest absolute Gasteiger partial charge is 0.353 e. The number of carbonyl (C=O) groups is 2. The highest BCUT2D eigenvalue weighted by atomic mass is 16.2. The van der Waals surface area contributed by atoms with E-state index < -0.39 is 0 Å². The molecule has 2 aliphatic rings. The Hall–Kier alpha value is -2.56. The third kappa shape index (κ3) is 4.29. The molecule has 1 aliphatic heterocycles. The zero-order valence-corrected chi connectivity index (χ0v) is 16.3. The molecule has 5 nitrogen and oxygen atoms in total. The highest BCUT2D eigenvalue weighted by molar-refractivity contribution is 5.94. The zero-order chi connectivity index (χ0) is 19.3. The summed E-state index contributed by atoms with van der Waals surface area (Å²) in [5, 5.41) is 3.23. The lowest BCUT2D eigenvalue weighted by Gasteiger charge is -2.33. The Morgan fingerprint density at radius 3 is 2.14 bits per heavy atom. The molecule has 2 heterocycles. The van der Waals surface area contributed by atoms with E-state index in [2.05, 4.69) is 5.32 Å². The van der Waals surface area contributed by atoms with Crippen LogP contribution >= 0.6 is 0 Å². The molecule has 1 aliphatic carbocycles. The van der Waals surface area contributed by atoms with Crippen LogP contribution in [0.2, 0.25) is 0 Å². The quantitative estimate of drug-likeness (QED) is 0.879. The summed E-state index contributed by atoms with van der Waals surface area (Å²) >= 11 is 0. The molecule has 1 saturated carbocycles. The second-order valence-electron chi connectivity index (χ2n) is 8.05. The number of aromatic nitrogens is 1. The number of nitrogens with zero attached hydrogens (tertiary/aromatic N) is 2. The van der Waals surface area contributed by atoms with Crippen LogP contribution in [-0.4, -0.2) is 40.4 Å². The molecule has 1 aromatic heterocycles. The minimum Gasteiger partial charge on any atom is -0.353 e. The van der Waals surface area contributed by atoms with E-state index in [1.807, 2.05) is 58.3 Å². The van der Waals surface area contributed by atoms with E-state index in [0.29, 0.717) is 13.1 Å². The van der Waals surface area contributed by atoms with Crippen LogP contribution in [0.1, 0.15) is 55.3 Å². The van der Waals surface area contributed by atoms with Gasteiger partial charge in [-0.2, -0.15) is 0 Å². The van der Waals surface area contributed by atoms with E-state index in [1.54, 1.807) is 0 Å². The van der Waals surface area contributed by atoms with Gasteiger partial charge in [-0.15, -0.1) is 0 Å². The fourth-order valence-electron chi connectivity index (χ4n) is 4.38. The standard InChI is InChI=1S/C23H29N3O2/c27-22(18-6-2-1-3-7-18)24-20-12-16-26(17-13-20)23(28)19-8-10-21(11-9-19)25-14-4-5-15-25/h4-5,8-11,14-15,18,20H,1-3,6-7,12-13,16-17H2,(H,24,27). The summed E-state index contributed by atoms with van der Waals surface area (Å²) < 4.78 is 2.02. The molecule has 2 aromatic rings. The van der Waals surface area contributed by atoms with Gasteiger partial charge in [0.15, 0.2) is 0 Å². The molecular weight excluding hydrogens is 350 g/mol. The van der Waals surface area contributed by atoms with Crippen LogP contribution in [0.25, 0.3) is 5.69 Å². The van der Waals surface area contributed by atoms with Crippen molar-refractivity contribution in [2.45, 2.75) is 51.0 Å². The van der Waals surface area contributed by atoms with Gasteiger partial charge in [-0.25, -0.2) is 0 Å². The van der Waals surface area contributed by atoms with E-state index >= 15 is 0 Å². The highest BCUT2D eigenvalue weighted by Gasteiger charge is 2.27. The predicted molar refractivity (Wildman–Crippen MR) is 109 cm³/mol. The second kappa shape index (κ2) is 8.63. The van der Waals surface area contributed by atoms with Gasteiger partial charge in [-0.3, -0.25) is 9.59 Å². The number of likely N-dealkylation sites (tertiary alicyclic amines) is 1. The molecular formula is C23H29N3O2. The summed E-state index contributed by atoms with van der Waals surface area (Å²) in [4.78, 5) is 27.2. The van der Waals surface area contributed by atoms with Crippen molar-refractivity contribution < 1.29 is 9.59 Å². The third-order valence-electron chi connectivity index (χ3n) is 6.12.